The molecule has 0 saturated heterocycles. The van der Waals surface area contributed by atoms with Crippen LogP contribution in [-0.4, -0.2) is 62.1 Å². The first-order valence-electron chi connectivity index (χ1n) is 8.40. The van der Waals surface area contributed by atoms with Gasteiger partial charge in [0.1, 0.15) is 0 Å². The van der Waals surface area contributed by atoms with Gasteiger partial charge in [-0.05, 0) is 17.2 Å². The van der Waals surface area contributed by atoms with Crippen LogP contribution < -0.4 is 0 Å². The Morgan fingerprint density at radius 3 is 2.36 bits per heavy atom. The number of amides is 2. The number of carbonyl (C=O) groups is 2. The van der Waals surface area contributed by atoms with Crippen molar-refractivity contribution in [3.8, 4) is 0 Å². The molecule has 2 amide bonds. The molecule has 0 aromatic heterocycles. The molecular weight excluding hydrogens is 320 g/mol. The molecule has 0 fully saturated rings. The number of hydrogen-bond donors (Lipinski definition) is 0. The summed E-state index contributed by atoms with van der Waals surface area (Å²) in [6, 6.07) is 7.56. The van der Waals surface area contributed by atoms with E-state index in [0.29, 0.717) is 26.3 Å². The predicted molar refractivity (Wildman–Crippen MR) is 95.7 cm³/mol. The normalized spacial score (nSPS) is 15.8. The van der Waals surface area contributed by atoms with Crippen molar-refractivity contribution < 1.29 is 19.1 Å². The highest BCUT2D eigenvalue weighted by Gasteiger charge is 2.29. The number of ether oxygens (including phenoxy) is 2. The van der Waals surface area contributed by atoms with Gasteiger partial charge in [0.15, 0.2) is 0 Å². The van der Waals surface area contributed by atoms with Gasteiger partial charge in [0, 0.05) is 40.4 Å². The summed E-state index contributed by atoms with van der Waals surface area (Å²) in [4.78, 5) is 28.2. The Kier molecular flexibility index (Phi) is 7.16. The first-order valence-corrected chi connectivity index (χ1v) is 8.40. The van der Waals surface area contributed by atoms with Crippen molar-refractivity contribution in [3.05, 3.63) is 41.6 Å². The Hall–Kier alpha value is -2.18. The van der Waals surface area contributed by atoms with Gasteiger partial charge >= 0.3 is 0 Å². The van der Waals surface area contributed by atoms with Gasteiger partial charge in [-0.25, -0.2) is 0 Å². The van der Waals surface area contributed by atoms with E-state index in [2.05, 4.69) is 0 Å². The fourth-order valence-corrected chi connectivity index (χ4v) is 2.97. The lowest BCUT2D eigenvalue weighted by Crippen LogP contribution is -2.40. The molecule has 0 N–H and O–H groups in total. The molecule has 1 aromatic rings. The van der Waals surface area contributed by atoms with Crippen LogP contribution in [0, 0.1) is 0 Å². The van der Waals surface area contributed by atoms with Gasteiger partial charge in [-0.1, -0.05) is 24.3 Å². The number of hydrogen-bond acceptors (Lipinski definition) is 4. The molecule has 1 unspecified atom stereocenters. The highest BCUT2D eigenvalue weighted by Crippen LogP contribution is 2.33. The molecule has 6 heteroatoms. The highest BCUT2D eigenvalue weighted by molar-refractivity contribution is 5.82. The maximum Gasteiger partial charge on any atom is 0.225 e. The lowest BCUT2D eigenvalue weighted by molar-refractivity contribution is -0.135. The standard InChI is InChI=1S/C19H26N2O4/c1-15(22)21-9-8-16-6-4-5-7-17(16)18(21)14-19(23)20(10-12-24-2)11-13-25-3/h4-9,18H,10-14H2,1-3H3. The lowest BCUT2D eigenvalue weighted by Gasteiger charge is -2.34. The van der Waals surface area contributed by atoms with Crippen LogP contribution in [0.3, 0.4) is 0 Å². The Labute approximate surface area is 149 Å². The van der Waals surface area contributed by atoms with Crippen molar-refractivity contribution in [2.75, 3.05) is 40.5 Å². The second kappa shape index (κ2) is 9.34. The predicted octanol–water partition coefficient (Wildman–Crippen LogP) is 2.07. The van der Waals surface area contributed by atoms with E-state index in [1.807, 2.05) is 30.3 Å². The van der Waals surface area contributed by atoms with Crippen LogP contribution in [-0.2, 0) is 19.1 Å². The van der Waals surface area contributed by atoms with Gasteiger partial charge in [0.05, 0.1) is 25.7 Å². The average molecular weight is 346 g/mol. The molecule has 6 nitrogen and oxygen atoms in total. The van der Waals surface area contributed by atoms with Crippen molar-refractivity contribution in [1.82, 2.24) is 9.80 Å². The summed E-state index contributed by atoms with van der Waals surface area (Å²) in [5.74, 6) is -0.0978. The summed E-state index contributed by atoms with van der Waals surface area (Å²) in [7, 11) is 3.22. The zero-order valence-electron chi connectivity index (χ0n) is 15.1. The smallest absolute Gasteiger partial charge is 0.225 e. The minimum absolute atomic E-state index is 0.0181. The van der Waals surface area contributed by atoms with Gasteiger partial charge < -0.3 is 19.3 Å². The van der Waals surface area contributed by atoms with Crippen molar-refractivity contribution in [3.63, 3.8) is 0 Å². The van der Waals surface area contributed by atoms with E-state index in [4.69, 9.17) is 9.47 Å². The van der Waals surface area contributed by atoms with Crippen molar-refractivity contribution >= 4 is 17.9 Å². The zero-order chi connectivity index (χ0) is 18.2. The number of fused-ring (bicyclic) bond motifs is 1. The summed E-state index contributed by atoms with van der Waals surface area (Å²) in [6.45, 7) is 3.45. The van der Waals surface area contributed by atoms with Crippen LogP contribution in [0.1, 0.15) is 30.5 Å². The fraction of sp³-hybridized carbons (Fsp3) is 0.474. The third-order valence-electron chi connectivity index (χ3n) is 4.32. The summed E-state index contributed by atoms with van der Waals surface area (Å²) in [5.41, 5.74) is 2.03. The van der Waals surface area contributed by atoms with E-state index < -0.39 is 0 Å². The minimum atomic E-state index is -0.293. The maximum absolute atomic E-state index is 12.9. The van der Waals surface area contributed by atoms with Crippen molar-refractivity contribution in [2.24, 2.45) is 0 Å². The molecule has 0 radical (unpaired) electrons. The van der Waals surface area contributed by atoms with Crippen LogP contribution in [0.15, 0.2) is 30.5 Å². The fourth-order valence-electron chi connectivity index (χ4n) is 2.97. The van der Waals surface area contributed by atoms with E-state index >= 15 is 0 Å². The van der Waals surface area contributed by atoms with E-state index in [0.717, 1.165) is 11.1 Å². The molecule has 0 aliphatic carbocycles. The van der Waals surface area contributed by atoms with Gasteiger partial charge in [0.2, 0.25) is 11.8 Å². The molecule has 1 aliphatic rings. The number of methoxy groups -OCH3 is 2. The quantitative estimate of drug-likeness (QED) is 0.723. The van der Waals surface area contributed by atoms with Gasteiger partial charge in [-0.2, -0.15) is 0 Å². The molecule has 0 bridgehead atoms. The van der Waals surface area contributed by atoms with Crippen LogP contribution in [0.2, 0.25) is 0 Å². The lowest BCUT2D eigenvalue weighted by atomic mass is 9.93. The Morgan fingerprint density at radius 2 is 1.76 bits per heavy atom. The van der Waals surface area contributed by atoms with Crippen molar-refractivity contribution in [2.45, 2.75) is 19.4 Å². The second-order valence-corrected chi connectivity index (χ2v) is 5.96. The van der Waals surface area contributed by atoms with Gasteiger partial charge in [0.25, 0.3) is 0 Å². The second-order valence-electron chi connectivity index (χ2n) is 5.96. The van der Waals surface area contributed by atoms with E-state index in [9.17, 15) is 9.59 Å². The number of rotatable bonds is 8. The molecule has 25 heavy (non-hydrogen) atoms. The molecule has 1 atom stereocenters. The van der Waals surface area contributed by atoms with E-state index in [1.165, 1.54) is 6.92 Å². The summed E-state index contributed by atoms with van der Waals surface area (Å²) < 4.78 is 10.2. The minimum Gasteiger partial charge on any atom is -0.383 e. The summed E-state index contributed by atoms with van der Waals surface area (Å²) in [5, 5.41) is 0. The number of benzene rings is 1. The molecule has 1 aliphatic heterocycles. The molecular formula is C19H26N2O4. The number of nitrogens with zero attached hydrogens (tertiary/aromatic N) is 2. The maximum atomic E-state index is 12.9. The van der Waals surface area contributed by atoms with Gasteiger partial charge in [-0.3, -0.25) is 9.59 Å². The highest BCUT2D eigenvalue weighted by atomic mass is 16.5. The van der Waals surface area contributed by atoms with Crippen LogP contribution >= 0.6 is 0 Å². The molecule has 2 rings (SSSR count). The molecule has 1 aromatic carbocycles. The Balaban J connectivity index is 2.19. The third-order valence-corrected chi connectivity index (χ3v) is 4.32. The van der Waals surface area contributed by atoms with Crippen LogP contribution in [0.5, 0.6) is 0 Å². The van der Waals surface area contributed by atoms with Crippen LogP contribution in [0.25, 0.3) is 6.08 Å². The summed E-state index contributed by atoms with van der Waals surface area (Å²) in [6.07, 6.45) is 3.90. The monoisotopic (exact) mass is 346 g/mol. The summed E-state index contributed by atoms with van der Waals surface area (Å²) >= 11 is 0. The van der Waals surface area contributed by atoms with E-state index in [1.54, 1.807) is 30.2 Å². The first kappa shape index (κ1) is 19.1. The molecule has 0 saturated carbocycles. The largest absolute Gasteiger partial charge is 0.383 e. The van der Waals surface area contributed by atoms with Crippen molar-refractivity contribution in [1.29, 1.82) is 0 Å². The molecule has 1 heterocycles. The first-order chi connectivity index (χ1) is 12.1. The Bertz CT molecular complexity index is 622. The number of carbonyl (C=O) groups excluding carboxylic acids is 2. The average Bonchev–Trinajstić information content (AvgIpc) is 2.61. The Morgan fingerprint density at radius 1 is 1.12 bits per heavy atom. The molecule has 0 spiro atoms. The SMILES string of the molecule is COCCN(CCOC)C(=O)CC1c2ccccc2C=CN1C(C)=O. The zero-order valence-corrected chi connectivity index (χ0v) is 15.1. The topological polar surface area (TPSA) is 59.1 Å². The molecule has 136 valence electrons. The van der Waals surface area contributed by atoms with Gasteiger partial charge in [-0.15, -0.1) is 0 Å². The van der Waals surface area contributed by atoms with Crippen LogP contribution in [0.4, 0.5) is 0 Å². The third kappa shape index (κ3) is 4.90. The van der Waals surface area contributed by atoms with E-state index in [-0.39, 0.29) is 24.3 Å².